The Morgan fingerprint density at radius 1 is 1.22 bits per heavy atom. The van der Waals surface area contributed by atoms with Gasteiger partial charge in [-0.2, -0.15) is 18.2 Å². The maximum absolute atomic E-state index is 13.6. The number of alkyl halides is 3. The first-order valence-corrected chi connectivity index (χ1v) is 9.44. The van der Waals surface area contributed by atoms with Crippen LogP contribution in [0.3, 0.4) is 0 Å². The number of carboxylic acid groups (broad SMARTS) is 1. The van der Waals surface area contributed by atoms with Crippen LogP contribution in [0.1, 0.15) is 43.9 Å². The summed E-state index contributed by atoms with van der Waals surface area (Å²) in [6.07, 6.45) is -1.47. The minimum absolute atomic E-state index is 0.155. The third-order valence-corrected chi connectivity index (χ3v) is 6.03. The van der Waals surface area contributed by atoms with Crippen molar-refractivity contribution < 1.29 is 23.1 Å². The van der Waals surface area contributed by atoms with Crippen LogP contribution in [0.2, 0.25) is 0 Å². The zero-order valence-corrected chi connectivity index (χ0v) is 15.2. The van der Waals surface area contributed by atoms with Gasteiger partial charge >= 0.3 is 12.1 Å². The molecule has 3 aliphatic rings. The van der Waals surface area contributed by atoms with E-state index in [0.29, 0.717) is 37.8 Å². The van der Waals surface area contributed by atoms with Gasteiger partial charge < -0.3 is 14.9 Å². The minimum Gasteiger partial charge on any atom is -0.481 e. The number of carbonyl (C=O) groups is 1. The number of anilines is 2. The molecular weight excluding hydrogens is 361 g/mol. The van der Waals surface area contributed by atoms with Crippen molar-refractivity contribution in [3.05, 3.63) is 11.3 Å². The average molecular weight is 384 g/mol. The molecule has 0 amide bonds. The average Bonchev–Trinajstić information content (AvgIpc) is 2.92. The number of carboxylic acids is 1. The van der Waals surface area contributed by atoms with E-state index in [1.54, 1.807) is 0 Å². The predicted octanol–water partition coefficient (Wildman–Crippen LogP) is 2.96. The van der Waals surface area contributed by atoms with Crippen LogP contribution in [0, 0.1) is 11.8 Å². The number of halogens is 3. The zero-order chi connectivity index (χ0) is 19.3. The lowest BCUT2D eigenvalue weighted by Crippen LogP contribution is -2.47. The van der Waals surface area contributed by atoms with Gasteiger partial charge in [0.1, 0.15) is 5.82 Å². The van der Waals surface area contributed by atoms with Gasteiger partial charge in [-0.15, -0.1) is 0 Å². The van der Waals surface area contributed by atoms with Gasteiger partial charge in [-0.3, -0.25) is 4.79 Å². The Morgan fingerprint density at radius 3 is 2.52 bits per heavy atom. The highest BCUT2D eigenvalue weighted by molar-refractivity contribution is 5.67. The Hall–Kier alpha value is -2.06. The summed E-state index contributed by atoms with van der Waals surface area (Å²) >= 11 is 0. The minimum atomic E-state index is -4.49. The lowest BCUT2D eigenvalue weighted by molar-refractivity contribution is -0.142. The van der Waals surface area contributed by atoms with Crippen molar-refractivity contribution in [1.82, 2.24) is 9.97 Å². The van der Waals surface area contributed by atoms with Crippen LogP contribution < -0.4 is 9.80 Å². The van der Waals surface area contributed by atoms with Gasteiger partial charge in [0, 0.05) is 37.7 Å². The normalized spacial score (nSPS) is 27.2. The first-order chi connectivity index (χ1) is 12.7. The second-order valence-electron chi connectivity index (χ2n) is 8.00. The van der Waals surface area contributed by atoms with E-state index in [1.165, 1.54) is 0 Å². The van der Waals surface area contributed by atoms with Crippen LogP contribution in [0.25, 0.3) is 0 Å². The van der Waals surface area contributed by atoms with Crippen LogP contribution in [0.5, 0.6) is 0 Å². The SMILES string of the molecule is C[C@H]1CCN1c1nc2c(c(C(F)(F)F)n1)CCN2C[C@H]1C[C@H](CC(=O)O)C1. The van der Waals surface area contributed by atoms with Crippen molar-refractivity contribution in [2.24, 2.45) is 11.8 Å². The van der Waals surface area contributed by atoms with E-state index >= 15 is 0 Å². The first-order valence-electron chi connectivity index (χ1n) is 9.44. The number of aromatic nitrogens is 2. The zero-order valence-electron chi connectivity index (χ0n) is 15.2. The van der Waals surface area contributed by atoms with Crippen LogP contribution in [0.4, 0.5) is 24.9 Å². The lowest BCUT2D eigenvalue weighted by atomic mass is 9.73. The molecule has 1 saturated heterocycles. The first kappa shape index (κ1) is 18.3. The molecule has 0 radical (unpaired) electrons. The summed E-state index contributed by atoms with van der Waals surface area (Å²) < 4.78 is 40.7. The van der Waals surface area contributed by atoms with E-state index < -0.39 is 17.8 Å². The lowest BCUT2D eigenvalue weighted by Gasteiger charge is -2.40. The molecule has 2 aliphatic heterocycles. The molecule has 1 saturated carbocycles. The van der Waals surface area contributed by atoms with Crippen LogP contribution in [0.15, 0.2) is 0 Å². The molecule has 1 aromatic rings. The summed E-state index contributed by atoms with van der Waals surface area (Å²) in [5, 5.41) is 8.85. The van der Waals surface area contributed by atoms with Gasteiger partial charge in [0.05, 0.1) is 0 Å². The standard InChI is InChI=1S/C18H23F3N4O2/c1-10-2-5-25(10)17-22-15(18(19,20)21)13-3-4-24(16(13)23-17)9-12-6-11(7-12)8-14(26)27/h10-12H,2-9H2,1H3,(H,26,27)/t10-,11-,12-/m0/s1. The highest BCUT2D eigenvalue weighted by Crippen LogP contribution is 2.42. The van der Waals surface area contributed by atoms with E-state index in [0.717, 1.165) is 19.3 Å². The van der Waals surface area contributed by atoms with Gasteiger partial charge in [0.15, 0.2) is 5.69 Å². The fourth-order valence-corrected chi connectivity index (χ4v) is 4.41. The summed E-state index contributed by atoms with van der Waals surface area (Å²) in [5.74, 6) is 0.289. The highest BCUT2D eigenvalue weighted by atomic mass is 19.4. The van der Waals surface area contributed by atoms with Gasteiger partial charge in [0.2, 0.25) is 5.95 Å². The molecule has 0 bridgehead atoms. The number of hydrogen-bond donors (Lipinski definition) is 1. The third kappa shape index (κ3) is 3.43. The summed E-state index contributed by atoms with van der Waals surface area (Å²) in [7, 11) is 0. The van der Waals surface area contributed by atoms with Gasteiger partial charge in [0.25, 0.3) is 0 Å². The van der Waals surface area contributed by atoms with Crippen molar-refractivity contribution in [2.45, 2.75) is 51.2 Å². The molecule has 1 atom stereocenters. The molecule has 0 spiro atoms. The predicted molar refractivity (Wildman–Crippen MR) is 92.8 cm³/mol. The Kier molecular flexibility index (Phi) is 4.43. The number of nitrogens with zero attached hydrogens (tertiary/aromatic N) is 4. The molecule has 3 heterocycles. The van der Waals surface area contributed by atoms with Gasteiger partial charge in [-0.25, -0.2) is 4.98 Å². The van der Waals surface area contributed by atoms with Crippen LogP contribution in [-0.2, 0) is 17.4 Å². The molecule has 2 fully saturated rings. The molecule has 1 N–H and O–H groups in total. The monoisotopic (exact) mass is 384 g/mol. The van der Waals surface area contributed by atoms with Gasteiger partial charge in [-0.1, -0.05) is 0 Å². The molecule has 148 valence electrons. The Balaban J connectivity index is 1.54. The molecule has 27 heavy (non-hydrogen) atoms. The van der Waals surface area contributed by atoms with Gasteiger partial charge in [-0.05, 0) is 44.4 Å². The largest absolute Gasteiger partial charge is 0.481 e. The smallest absolute Gasteiger partial charge is 0.433 e. The van der Waals surface area contributed by atoms with Crippen molar-refractivity contribution in [2.75, 3.05) is 29.4 Å². The molecule has 1 aromatic heterocycles. The van der Waals surface area contributed by atoms with Crippen LogP contribution >= 0.6 is 0 Å². The maximum atomic E-state index is 13.6. The van der Waals surface area contributed by atoms with E-state index in [1.807, 2.05) is 16.7 Å². The van der Waals surface area contributed by atoms with E-state index in [4.69, 9.17) is 5.11 Å². The maximum Gasteiger partial charge on any atom is 0.433 e. The second kappa shape index (κ2) is 6.53. The van der Waals surface area contributed by atoms with E-state index in [9.17, 15) is 18.0 Å². The van der Waals surface area contributed by atoms with Crippen molar-refractivity contribution in [3.63, 3.8) is 0 Å². The number of hydrogen-bond acceptors (Lipinski definition) is 5. The summed E-state index contributed by atoms with van der Waals surface area (Å²) in [5.41, 5.74) is -0.609. The quantitative estimate of drug-likeness (QED) is 0.842. The highest BCUT2D eigenvalue weighted by Gasteiger charge is 2.42. The number of rotatable bonds is 5. The van der Waals surface area contributed by atoms with Crippen molar-refractivity contribution >= 4 is 17.7 Å². The molecular formula is C18H23F3N4O2. The van der Waals surface area contributed by atoms with Crippen LogP contribution in [-0.4, -0.2) is 46.7 Å². The number of fused-ring (bicyclic) bond motifs is 1. The molecule has 4 rings (SSSR count). The fraction of sp³-hybridized carbons (Fsp3) is 0.722. The second-order valence-corrected chi connectivity index (χ2v) is 8.00. The van der Waals surface area contributed by atoms with E-state index in [-0.39, 0.29) is 29.9 Å². The molecule has 0 aromatic carbocycles. The molecule has 9 heteroatoms. The van der Waals surface area contributed by atoms with Crippen molar-refractivity contribution in [1.29, 1.82) is 0 Å². The van der Waals surface area contributed by atoms with Crippen molar-refractivity contribution in [3.8, 4) is 0 Å². The Labute approximate surface area is 155 Å². The molecule has 1 aliphatic carbocycles. The topological polar surface area (TPSA) is 69.6 Å². The van der Waals surface area contributed by atoms with E-state index in [2.05, 4.69) is 9.97 Å². The Morgan fingerprint density at radius 2 is 1.96 bits per heavy atom. The third-order valence-electron chi connectivity index (χ3n) is 6.03. The summed E-state index contributed by atoms with van der Waals surface area (Å²) in [6, 6.07) is 0.155. The fourth-order valence-electron chi connectivity index (χ4n) is 4.41. The summed E-state index contributed by atoms with van der Waals surface area (Å²) in [4.78, 5) is 22.9. The molecule has 0 unspecified atom stereocenters. The Bertz CT molecular complexity index is 749. The molecule has 6 nitrogen and oxygen atoms in total. The number of aliphatic carboxylic acids is 1. The summed E-state index contributed by atoms with van der Waals surface area (Å²) in [6.45, 7) is 3.78.